The van der Waals surface area contributed by atoms with Crippen LogP contribution in [0, 0.1) is 17.8 Å². The van der Waals surface area contributed by atoms with Gasteiger partial charge in [0.15, 0.2) is 0 Å². The zero-order chi connectivity index (χ0) is 16.7. The molecule has 2 aliphatic rings. The highest BCUT2D eigenvalue weighted by atomic mass is 16.2. The monoisotopic (exact) mass is 309 g/mol. The van der Waals surface area contributed by atoms with Crippen molar-refractivity contribution in [3.05, 3.63) is 0 Å². The minimum absolute atomic E-state index is 0.0124. The average molecular weight is 309 g/mol. The highest BCUT2D eigenvalue weighted by molar-refractivity contribution is 5.97. The highest BCUT2D eigenvalue weighted by Gasteiger charge is 2.32. The van der Waals surface area contributed by atoms with Crippen LogP contribution >= 0.6 is 0 Å². The summed E-state index contributed by atoms with van der Waals surface area (Å²) >= 11 is 0. The third kappa shape index (κ3) is 4.92. The third-order valence-electron chi connectivity index (χ3n) is 4.64. The largest absolute Gasteiger partial charge is 0.299 e. The predicted molar refractivity (Wildman–Crippen MR) is 87.2 cm³/mol. The summed E-state index contributed by atoms with van der Waals surface area (Å²) in [6.07, 6.45) is 5.46. The van der Waals surface area contributed by atoms with Crippen LogP contribution in [0.25, 0.3) is 0 Å². The number of rotatable bonds is 4. The molecular weight excluding hydrogens is 278 g/mol. The van der Waals surface area contributed by atoms with E-state index in [2.05, 4.69) is 0 Å². The Kier molecular flexibility index (Phi) is 7.77. The SMILES string of the molecule is CC.CC(C)C(=O)C1CCC(CN2C(=O)CCCC2=O)CC1. The van der Waals surface area contributed by atoms with Gasteiger partial charge in [-0.15, -0.1) is 0 Å². The van der Waals surface area contributed by atoms with Gasteiger partial charge >= 0.3 is 0 Å². The molecule has 2 rings (SSSR count). The Morgan fingerprint density at radius 1 is 1.05 bits per heavy atom. The lowest BCUT2D eigenvalue weighted by Gasteiger charge is -2.33. The smallest absolute Gasteiger partial charge is 0.229 e. The molecule has 22 heavy (non-hydrogen) atoms. The van der Waals surface area contributed by atoms with E-state index >= 15 is 0 Å². The molecule has 4 nitrogen and oxygen atoms in total. The Labute approximate surface area is 134 Å². The Bertz CT molecular complexity index is 379. The minimum Gasteiger partial charge on any atom is -0.299 e. The topological polar surface area (TPSA) is 54.5 Å². The van der Waals surface area contributed by atoms with Crippen LogP contribution in [0.5, 0.6) is 0 Å². The summed E-state index contributed by atoms with van der Waals surface area (Å²) in [5, 5.41) is 0. The molecule has 4 heteroatoms. The van der Waals surface area contributed by atoms with Gasteiger partial charge in [0, 0.05) is 31.2 Å². The van der Waals surface area contributed by atoms with Gasteiger partial charge in [0.2, 0.25) is 11.8 Å². The maximum absolute atomic E-state index is 12.0. The molecule has 0 aromatic carbocycles. The normalized spacial score (nSPS) is 25.8. The van der Waals surface area contributed by atoms with Gasteiger partial charge in [-0.2, -0.15) is 0 Å². The van der Waals surface area contributed by atoms with Crippen molar-refractivity contribution in [3.63, 3.8) is 0 Å². The van der Waals surface area contributed by atoms with Crippen molar-refractivity contribution in [2.75, 3.05) is 6.54 Å². The molecule has 0 aromatic rings. The summed E-state index contributed by atoms with van der Waals surface area (Å²) in [5.41, 5.74) is 0. The van der Waals surface area contributed by atoms with Crippen LogP contribution in [0.2, 0.25) is 0 Å². The summed E-state index contributed by atoms with van der Waals surface area (Å²) in [6, 6.07) is 0. The molecule has 2 amide bonds. The number of hydrogen-bond acceptors (Lipinski definition) is 3. The first-order valence-electron chi connectivity index (χ1n) is 8.86. The number of Topliss-reactive ketones (excluding diaryl/α,β-unsaturated/α-hetero) is 1. The molecule has 1 heterocycles. The van der Waals surface area contributed by atoms with Crippen molar-refractivity contribution in [3.8, 4) is 0 Å². The van der Waals surface area contributed by atoms with Gasteiger partial charge in [0.1, 0.15) is 5.78 Å². The highest BCUT2D eigenvalue weighted by Crippen LogP contribution is 2.32. The lowest BCUT2D eigenvalue weighted by Crippen LogP contribution is -2.43. The molecule has 0 N–H and O–H groups in total. The first-order valence-corrected chi connectivity index (χ1v) is 8.86. The Morgan fingerprint density at radius 3 is 2.00 bits per heavy atom. The van der Waals surface area contributed by atoms with Crippen LogP contribution in [0.15, 0.2) is 0 Å². The first-order chi connectivity index (χ1) is 10.5. The molecule has 2 fully saturated rings. The second-order valence-electron chi connectivity index (χ2n) is 6.53. The van der Waals surface area contributed by atoms with E-state index < -0.39 is 0 Å². The Balaban J connectivity index is 0.00000116. The van der Waals surface area contributed by atoms with Crippen molar-refractivity contribution >= 4 is 17.6 Å². The zero-order valence-electron chi connectivity index (χ0n) is 14.6. The van der Waals surface area contributed by atoms with E-state index in [1.54, 1.807) is 0 Å². The van der Waals surface area contributed by atoms with Crippen LogP contribution in [0.3, 0.4) is 0 Å². The maximum atomic E-state index is 12.0. The minimum atomic E-state index is -0.0124. The quantitative estimate of drug-likeness (QED) is 0.746. The lowest BCUT2D eigenvalue weighted by molar-refractivity contribution is -0.149. The van der Waals surface area contributed by atoms with E-state index in [9.17, 15) is 14.4 Å². The molecule has 1 saturated carbocycles. The van der Waals surface area contributed by atoms with Crippen LogP contribution in [0.4, 0.5) is 0 Å². The molecule has 126 valence electrons. The second kappa shape index (κ2) is 9.06. The third-order valence-corrected chi connectivity index (χ3v) is 4.64. The molecule has 0 aromatic heterocycles. The van der Waals surface area contributed by atoms with Crippen LogP contribution in [0.1, 0.15) is 72.6 Å². The van der Waals surface area contributed by atoms with Gasteiger partial charge in [0.25, 0.3) is 0 Å². The predicted octanol–water partition coefficient (Wildman–Crippen LogP) is 3.58. The van der Waals surface area contributed by atoms with E-state index in [-0.39, 0.29) is 23.7 Å². The molecule has 1 aliphatic carbocycles. The summed E-state index contributed by atoms with van der Waals surface area (Å²) in [5.74, 6) is 1.04. The van der Waals surface area contributed by atoms with Crippen molar-refractivity contribution in [1.82, 2.24) is 4.90 Å². The molecule has 0 unspecified atom stereocenters. The van der Waals surface area contributed by atoms with Crippen LogP contribution in [-0.2, 0) is 14.4 Å². The molecule has 0 radical (unpaired) electrons. The fourth-order valence-corrected chi connectivity index (χ4v) is 3.36. The van der Waals surface area contributed by atoms with Crippen molar-refractivity contribution < 1.29 is 14.4 Å². The van der Waals surface area contributed by atoms with E-state index in [0.717, 1.165) is 25.7 Å². The summed E-state index contributed by atoms with van der Waals surface area (Å²) in [6.45, 7) is 8.49. The van der Waals surface area contributed by atoms with E-state index in [4.69, 9.17) is 0 Å². The first kappa shape index (κ1) is 18.9. The van der Waals surface area contributed by atoms with Crippen molar-refractivity contribution in [2.45, 2.75) is 72.6 Å². The number of likely N-dealkylation sites (tertiary alicyclic amines) is 1. The van der Waals surface area contributed by atoms with E-state index in [0.29, 0.717) is 37.5 Å². The van der Waals surface area contributed by atoms with Crippen molar-refractivity contribution in [2.24, 2.45) is 17.8 Å². The molecule has 1 saturated heterocycles. The molecule has 0 spiro atoms. The maximum Gasteiger partial charge on any atom is 0.229 e. The molecular formula is C18H31NO3. The second-order valence-corrected chi connectivity index (χ2v) is 6.53. The lowest BCUT2D eigenvalue weighted by atomic mass is 9.77. The average Bonchev–Trinajstić information content (AvgIpc) is 2.53. The summed E-state index contributed by atoms with van der Waals surface area (Å²) < 4.78 is 0. The van der Waals surface area contributed by atoms with E-state index in [1.807, 2.05) is 27.7 Å². The van der Waals surface area contributed by atoms with Gasteiger partial charge in [0.05, 0.1) is 0 Å². The van der Waals surface area contributed by atoms with Crippen LogP contribution < -0.4 is 0 Å². The van der Waals surface area contributed by atoms with Gasteiger partial charge < -0.3 is 0 Å². The molecule has 0 atom stereocenters. The molecule has 0 bridgehead atoms. The fraction of sp³-hybridized carbons (Fsp3) is 0.833. The van der Waals surface area contributed by atoms with Gasteiger partial charge in [-0.3, -0.25) is 19.3 Å². The van der Waals surface area contributed by atoms with E-state index in [1.165, 1.54) is 4.90 Å². The standard InChI is InChI=1S/C16H25NO3.C2H6/c1-11(2)16(20)13-8-6-12(7-9-13)10-17-14(18)4-3-5-15(17)19;1-2/h11-13H,3-10H2,1-2H3;1-2H3. The fourth-order valence-electron chi connectivity index (χ4n) is 3.36. The number of hydrogen-bond donors (Lipinski definition) is 0. The number of carbonyl (C=O) groups is 3. The number of piperidine rings is 1. The summed E-state index contributed by atoms with van der Waals surface area (Å²) in [7, 11) is 0. The Hall–Kier alpha value is -1.19. The number of imide groups is 1. The number of ketones is 1. The van der Waals surface area contributed by atoms with Gasteiger partial charge in [-0.1, -0.05) is 27.7 Å². The number of nitrogens with zero attached hydrogens (tertiary/aromatic N) is 1. The van der Waals surface area contributed by atoms with Crippen LogP contribution in [-0.4, -0.2) is 29.0 Å². The van der Waals surface area contributed by atoms with Gasteiger partial charge in [-0.25, -0.2) is 0 Å². The molecule has 1 aliphatic heterocycles. The number of carbonyl (C=O) groups excluding carboxylic acids is 3. The summed E-state index contributed by atoms with van der Waals surface area (Å²) in [4.78, 5) is 37.0. The van der Waals surface area contributed by atoms with Crippen molar-refractivity contribution in [1.29, 1.82) is 0 Å². The number of amides is 2. The Morgan fingerprint density at radius 2 is 1.55 bits per heavy atom. The zero-order valence-corrected chi connectivity index (χ0v) is 14.6. The van der Waals surface area contributed by atoms with Gasteiger partial charge in [-0.05, 0) is 38.0 Å².